The number of nitriles is 1. The highest BCUT2D eigenvalue weighted by Gasteiger charge is 2.13. The number of hydrogen-bond acceptors (Lipinski definition) is 4. The zero-order valence-corrected chi connectivity index (χ0v) is 12.0. The molecule has 2 rings (SSSR count). The van der Waals surface area contributed by atoms with Crippen LogP contribution in [0.25, 0.3) is 0 Å². The number of benzene rings is 1. The van der Waals surface area contributed by atoms with E-state index in [1.54, 1.807) is 6.07 Å². The van der Waals surface area contributed by atoms with Crippen LogP contribution in [0, 0.1) is 27.3 Å². The summed E-state index contributed by atoms with van der Waals surface area (Å²) >= 11 is 2.97. The van der Waals surface area contributed by atoms with E-state index < -0.39 is 16.3 Å². The highest BCUT2D eigenvalue weighted by Crippen LogP contribution is 2.16. The second-order valence-electron chi connectivity index (χ2n) is 4.16. The normalized spacial score (nSPS) is 10.1. The largest absolute Gasteiger partial charge is 0.303 e. The molecule has 0 N–H and O–H groups in total. The van der Waals surface area contributed by atoms with Crippen molar-refractivity contribution in [2.75, 3.05) is 0 Å². The Hall–Kier alpha value is -2.53. The molecule has 8 heteroatoms. The molecule has 0 aliphatic rings. The first-order valence-corrected chi connectivity index (χ1v) is 6.44. The molecule has 0 saturated heterocycles. The van der Waals surface area contributed by atoms with Gasteiger partial charge >= 0.3 is 0 Å². The fraction of sp³-hybridized carbons (Fsp3) is 0.0769. The van der Waals surface area contributed by atoms with Crippen LogP contribution in [0.15, 0.2) is 39.7 Å². The van der Waals surface area contributed by atoms with Crippen LogP contribution in [0.2, 0.25) is 0 Å². The van der Waals surface area contributed by atoms with Gasteiger partial charge in [-0.05, 0) is 33.6 Å². The summed E-state index contributed by atoms with van der Waals surface area (Å²) in [5.41, 5.74) is -0.361. The lowest BCUT2D eigenvalue weighted by molar-refractivity contribution is -0.385. The molecule has 0 spiro atoms. The quantitative estimate of drug-likeness (QED) is 0.627. The van der Waals surface area contributed by atoms with Crippen molar-refractivity contribution in [2.45, 2.75) is 6.54 Å². The molecule has 1 heterocycles. The lowest BCUT2D eigenvalue weighted by atomic mass is 10.1. The van der Waals surface area contributed by atoms with Crippen LogP contribution in [-0.2, 0) is 6.54 Å². The summed E-state index contributed by atoms with van der Waals surface area (Å²) in [4.78, 5) is 22.1. The lowest BCUT2D eigenvalue weighted by Crippen LogP contribution is -2.21. The van der Waals surface area contributed by atoms with Gasteiger partial charge in [0.05, 0.1) is 27.7 Å². The predicted octanol–water partition coefficient (Wildman–Crippen LogP) is 2.58. The molecular weight excluding hydrogens is 345 g/mol. The van der Waals surface area contributed by atoms with Gasteiger partial charge in [-0.15, -0.1) is 0 Å². The van der Waals surface area contributed by atoms with Crippen molar-refractivity contribution in [2.24, 2.45) is 0 Å². The van der Waals surface area contributed by atoms with Crippen molar-refractivity contribution < 1.29 is 9.31 Å². The maximum Gasteiger partial charge on any atom is 0.286 e. The minimum absolute atomic E-state index is 0.00588. The van der Waals surface area contributed by atoms with Gasteiger partial charge in [-0.3, -0.25) is 14.9 Å². The number of pyridine rings is 1. The molecular formula is C13H7BrFN3O3. The average molecular weight is 352 g/mol. The molecule has 0 aliphatic heterocycles. The van der Waals surface area contributed by atoms with E-state index in [0.717, 1.165) is 22.9 Å². The van der Waals surface area contributed by atoms with Crippen LogP contribution >= 0.6 is 15.9 Å². The summed E-state index contributed by atoms with van der Waals surface area (Å²) in [6, 6.07) is 6.64. The van der Waals surface area contributed by atoms with Crippen molar-refractivity contribution in [3.63, 3.8) is 0 Å². The number of nitro groups is 1. The van der Waals surface area contributed by atoms with Crippen molar-refractivity contribution in [3.05, 3.63) is 72.3 Å². The molecule has 106 valence electrons. The molecule has 21 heavy (non-hydrogen) atoms. The topological polar surface area (TPSA) is 88.9 Å². The molecule has 0 saturated carbocycles. The Balaban J connectivity index is 2.47. The second-order valence-corrected chi connectivity index (χ2v) is 5.02. The number of nitrogens with zero attached hydrogens (tertiary/aromatic N) is 3. The molecule has 0 atom stereocenters. The van der Waals surface area contributed by atoms with E-state index in [0.29, 0.717) is 5.56 Å². The summed E-state index contributed by atoms with van der Waals surface area (Å²) < 4.78 is 14.4. The first kappa shape index (κ1) is 14.9. The van der Waals surface area contributed by atoms with E-state index in [-0.39, 0.29) is 22.3 Å². The SMILES string of the molecule is N#Cc1cc(Cn2cc([N+](=O)[O-])cc(Br)c2=O)ccc1F. The molecule has 2 aromatic rings. The van der Waals surface area contributed by atoms with E-state index in [4.69, 9.17) is 5.26 Å². The second kappa shape index (κ2) is 5.85. The van der Waals surface area contributed by atoms with Crippen LogP contribution in [0.3, 0.4) is 0 Å². The number of rotatable bonds is 3. The first-order valence-electron chi connectivity index (χ1n) is 5.65. The summed E-state index contributed by atoms with van der Waals surface area (Å²) in [5.74, 6) is -0.659. The molecule has 0 amide bonds. The number of aromatic nitrogens is 1. The minimum Gasteiger partial charge on any atom is -0.303 e. The van der Waals surface area contributed by atoms with Gasteiger partial charge in [0, 0.05) is 6.07 Å². The summed E-state index contributed by atoms with van der Waals surface area (Å²) in [6.45, 7) is -0.00588. The lowest BCUT2D eigenvalue weighted by Gasteiger charge is -2.07. The minimum atomic E-state index is -0.659. The van der Waals surface area contributed by atoms with E-state index >= 15 is 0 Å². The van der Waals surface area contributed by atoms with Crippen LogP contribution in [0.1, 0.15) is 11.1 Å². The molecule has 0 radical (unpaired) electrons. The van der Waals surface area contributed by atoms with Gasteiger partial charge in [-0.25, -0.2) is 4.39 Å². The average Bonchev–Trinajstić information content (AvgIpc) is 2.45. The Morgan fingerprint density at radius 1 is 1.43 bits per heavy atom. The fourth-order valence-corrected chi connectivity index (χ4v) is 2.22. The van der Waals surface area contributed by atoms with Gasteiger partial charge in [0.25, 0.3) is 11.2 Å². The summed E-state index contributed by atoms with van der Waals surface area (Å²) in [7, 11) is 0. The zero-order valence-electron chi connectivity index (χ0n) is 10.4. The standard InChI is InChI=1S/C13H7BrFN3O3/c14-11-4-10(18(20)21)7-17(13(11)19)6-8-1-2-12(15)9(3-8)5-16/h1-4,7H,6H2. The Labute approximate surface area is 126 Å². The Morgan fingerprint density at radius 3 is 2.76 bits per heavy atom. The van der Waals surface area contributed by atoms with Gasteiger partial charge in [0.15, 0.2) is 0 Å². The smallest absolute Gasteiger partial charge is 0.286 e. The van der Waals surface area contributed by atoms with E-state index in [9.17, 15) is 19.3 Å². The molecule has 1 aromatic carbocycles. The van der Waals surface area contributed by atoms with E-state index in [2.05, 4.69) is 15.9 Å². The molecule has 0 bridgehead atoms. The first-order chi connectivity index (χ1) is 9.92. The third-order valence-electron chi connectivity index (χ3n) is 2.74. The van der Waals surface area contributed by atoms with Gasteiger partial charge in [0.1, 0.15) is 11.9 Å². The maximum absolute atomic E-state index is 13.2. The number of hydrogen-bond donors (Lipinski definition) is 0. The van der Waals surface area contributed by atoms with Crippen molar-refractivity contribution in [3.8, 4) is 6.07 Å². The Morgan fingerprint density at radius 2 is 2.14 bits per heavy atom. The van der Waals surface area contributed by atoms with Crippen LogP contribution in [0.5, 0.6) is 0 Å². The summed E-state index contributed by atoms with van der Waals surface area (Å²) in [6.07, 6.45) is 1.10. The van der Waals surface area contributed by atoms with E-state index in [1.807, 2.05) is 0 Å². The van der Waals surface area contributed by atoms with E-state index in [1.165, 1.54) is 12.1 Å². The van der Waals surface area contributed by atoms with Crippen LogP contribution in [-0.4, -0.2) is 9.49 Å². The zero-order chi connectivity index (χ0) is 15.6. The van der Waals surface area contributed by atoms with Gasteiger partial charge in [-0.1, -0.05) is 6.07 Å². The predicted molar refractivity (Wildman–Crippen MR) is 75.3 cm³/mol. The highest BCUT2D eigenvalue weighted by molar-refractivity contribution is 9.10. The fourth-order valence-electron chi connectivity index (χ4n) is 1.75. The third kappa shape index (κ3) is 3.14. The molecule has 6 nitrogen and oxygen atoms in total. The summed E-state index contributed by atoms with van der Waals surface area (Å²) in [5, 5.41) is 19.6. The molecule has 0 unspecified atom stereocenters. The third-order valence-corrected chi connectivity index (χ3v) is 3.31. The molecule has 0 aliphatic carbocycles. The van der Waals surface area contributed by atoms with Crippen molar-refractivity contribution in [1.82, 2.24) is 4.57 Å². The highest BCUT2D eigenvalue weighted by atomic mass is 79.9. The Kier molecular flexibility index (Phi) is 4.14. The maximum atomic E-state index is 13.2. The van der Waals surface area contributed by atoms with Crippen LogP contribution in [0.4, 0.5) is 10.1 Å². The Bertz CT molecular complexity index is 826. The monoisotopic (exact) mass is 351 g/mol. The van der Waals surface area contributed by atoms with Gasteiger partial charge in [-0.2, -0.15) is 5.26 Å². The van der Waals surface area contributed by atoms with Crippen molar-refractivity contribution >= 4 is 21.6 Å². The van der Waals surface area contributed by atoms with Gasteiger partial charge in [0.2, 0.25) is 0 Å². The van der Waals surface area contributed by atoms with Gasteiger partial charge < -0.3 is 4.57 Å². The van der Waals surface area contributed by atoms with Crippen molar-refractivity contribution in [1.29, 1.82) is 5.26 Å². The molecule has 1 aromatic heterocycles. The number of halogens is 2. The molecule has 0 fully saturated rings. The van der Waals surface area contributed by atoms with Crippen LogP contribution < -0.4 is 5.56 Å².